The fourth-order valence-electron chi connectivity index (χ4n) is 2.22. The molecular weight excluding hydrogens is 314 g/mol. The van der Waals surface area contributed by atoms with E-state index in [-0.39, 0.29) is 0 Å². The van der Waals surface area contributed by atoms with Gasteiger partial charge < -0.3 is 5.32 Å². The van der Waals surface area contributed by atoms with Gasteiger partial charge in [-0.2, -0.15) is 0 Å². The zero-order valence-electron chi connectivity index (χ0n) is 12.1. The molecule has 6 heteroatoms. The first-order valence-electron chi connectivity index (χ1n) is 7.02. The van der Waals surface area contributed by atoms with Gasteiger partial charge in [-0.25, -0.2) is 4.79 Å². The summed E-state index contributed by atoms with van der Waals surface area (Å²) in [5, 5.41) is 3.61. The number of hydrogen-bond acceptors (Lipinski definition) is 3. The molecule has 5 nitrogen and oxygen atoms in total. The van der Waals surface area contributed by atoms with Crippen molar-refractivity contribution in [1.82, 2.24) is 9.55 Å². The summed E-state index contributed by atoms with van der Waals surface area (Å²) in [6.45, 7) is 0.319. The molecule has 0 saturated heterocycles. The molecule has 0 aliphatic rings. The van der Waals surface area contributed by atoms with Crippen molar-refractivity contribution in [3.63, 3.8) is 0 Å². The van der Waals surface area contributed by atoms with Crippen LogP contribution in [0, 0.1) is 0 Å². The van der Waals surface area contributed by atoms with Crippen LogP contribution in [-0.4, -0.2) is 9.55 Å². The van der Waals surface area contributed by atoms with Gasteiger partial charge in [-0.15, -0.1) is 0 Å². The summed E-state index contributed by atoms with van der Waals surface area (Å²) in [7, 11) is 0. The third-order valence-electron chi connectivity index (χ3n) is 3.31. The minimum Gasteiger partial charge on any atom is -0.350 e. The Morgan fingerprint density at radius 1 is 1.04 bits per heavy atom. The van der Waals surface area contributed by atoms with Crippen molar-refractivity contribution in [3.05, 3.63) is 92.2 Å². The van der Waals surface area contributed by atoms with E-state index in [1.807, 2.05) is 42.5 Å². The number of nitrogens with zero attached hydrogens (tertiary/aromatic N) is 1. The number of aromatic nitrogens is 2. The molecule has 0 spiro atoms. The number of para-hydroxylation sites is 1. The average Bonchev–Trinajstić information content (AvgIpc) is 2.53. The molecule has 2 aromatic carbocycles. The normalized spacial score (nSPS) is 10.5. The molecule has 3 rings (SSSR count). The minimum atomic E-state index is -0.464. The minimum absolute atomic E-state index is 0.304. The van der Waals surface area contributed by atoms with Gasteiger partial charge in [-0.1, -0.05) is 41.9 Å². The van der Waals surface area contributed by atoms with Crippen LogP contribution in [0.1, 0.15) is 5.56 Å². The molecule has 116 valence electrons. The van der Waals surface area contributed by atoms with Crippen LogP contribution in [0.4, 0.5) is 11.4 Å². The van der Waals surface area contributed by atoms with Crippen LogP contribution < -0.4 is 16.6 Å². The van der Waals surface area contributed by atoms with Gasteiger partial charge in [0, 0.05) is 16.9 Å². The second kappa shape index (κ2) is 6.54. The lowest BCUT2D eigenvalue weighted by Gasteiger charge is -2.10. The number of hydrogen-bond donors (Lipinski definition) is 2. The van der Waals surface area contributed by atoms with Gasteiger partial charge >= 0.3 is 5.69 Å². The Morgan fingerprint density at radius 2 is 1.83 bits per heavy atom. The number of H-pyrrole nitrogens is 1. The summed E-state index contributed by atoms with van der Waals surface area (Å²) >= 11 is 5.96. The van der Waals surface area contributed by atoms with Gasteiger partial charge in [0.1, 0.15) is 5.69 Å². The molecule has 0 aliphatic carbocycles. The fraction of sp³-hybridized carbons (Fsp3) is 0.0588. The quantitative estimate of drug-likeness (QED) is 0.774. The Morgan fingerprint density at radius 3 is 2.57 bits per heavy atom. The standard InChI is InChI=1S/C17H14ClN3O2/c18-13-6-4-5-12(9-13)10-21-11-15(16(22)20-17(21)23)19-14-7-2-1-3-8-14/h1-9,11,19H,10H2,(H,20,22,23). The van der Waals surface area contributed by atoms with Gasteiger partial charge in [-0.05, 0) is 29.8 Å². The third-order valence-corrected chi connectivity index (χ3v) is 3.54. The van der Waals surface area contributed by atoms with Crippen LogP contribution in [0.2, 0.25) is 5.02 Å². The number of anilines is 2. The summed E-state index contributed by atoms with van der Waals surface area (Å²) in [5.41, 5.74) is 1.02. The van der Waals surface area contributed by atoms with Crippen LogP contribution in [0.25, 0.3) is 0 Å². The molecule has 0 saturated carbocycles. The van der Waals surface area contributed by atoms with Crippen LogP contribution in [-0.2, 0) is 6.54 Å². The summed E-state index contributed by atoms with van der Waals surface area (Å²) in [5.74, 6) is 0. The summed E-state index contributed by atoms with van der Waals surface area (Å²) in [4.78, 5) is 26.3. The molecule has 1 aromatic heterocycles. The maximum absolute atomic E-state index is 12.0. The molecule has 0 bridgehead atoms. The highest BCUT2D eigenvalue weighted by Gasteiger charge is 2.06. The lowest BCUT2D eigenvalue weighted by molar-refractivity contribution is 0.723. The third kappa shape index (κ3) is 3.70. The van der Waals surface area contributed by atoms with E-state index in [2.05, 4.69) is 10.3 Å². The molecule has 23 heavy (non-hydrogen) atoms. The topological polar surface area (TPSA) is 66.9 Å². The monoisotopic (exact) mass is 327 g/mol. The van der Waals surface area contributed by atoms with Crippen LogP contribution in [0.3, 0.4) is 0 Å². The van der Waals surface area contributed by atoms with Crippen LogP contribution >= 0.6 is 11.6 Å². The first kappa shape index (κ1) is 15.1. The zero-order chi connectivity index (χ0) is 16.2. The predicted octanol–water partition coefficient (Wildman–Crippen LogP) is 2.98. The number of halogens is 1. The molecule has 0 amide bonds. The molecule has 0 unspecified atom stereocenters. The van der Waals surface area contributed by atoms with E-state index >= 15 is 0 Å². The number of nitrogens with one attached hydrogen (secondary N) is 2. The van der Waals surface area contributed by atoms with Gasteiger partial charge in [0.25, 0.3) is 5.56 Å². The van der Waals surface area contributed by atoms with Crippen molar-refractivity contribution in [1.29, 1.82) is 0 Å². The molecule has 0 aliphatic heterocycles. The van der Waals surface area contributed by atoms with Crippen molar-refractivity contribution in [2.24, 2.45) is 0 Å². The Kier molecular flexibility index (Phi) is 4.30. The largest absolute Gasteiger partial charge is 0.350 e. The van der Waals surface area contributed by atoms with E-state index in [0.29, 0.717) is 17.3 Å². The molecule has 2 N–H and O–H groups in total. The van der Waals surface area contributed by atoms with Crippen LogP contribution in [0.15, 0.2) is 70.4 Å². The highest BCUT2D eigenvalue weighted by atomic mass is 35.5. The second-order valence-electron chi connectivity index (χ2n) is 5.05. The first-order chi connectivity index (χ1) is 11.1. The van der Waals surface area contributed by atoms with Gasteiger partial charge in [-0.3, -0.25) is 14.3 Å². The number of aromatic amines is 1. The summed E-state index contributed by atoms with van der Waals surface area (Å²) in [6, 6.07) is 16.5. The van der Waals surface area contributed by atoms with E-state index in [9.17, 15) is 9.59 Å². The number of rotatable bonds is 4. The second-order valence-corrected chi connectivity index (χ2v) is 5.49. The van der Waals surface area contributed by atoms with E-state index in [1.165, 1.54) is 10.8 Å². The maximum Gasteiger partial charge on any atom is 0.328 e. The Balaban J connectivity index is 1.94. The molecule has 0 fully saturated rings. The molecular formula is C17H14ClN3O2. The van der Waals surface area contributed by atoms with Crippen molar-refractivity contribution < 1.29 is 0 Å². The summed E-state index contributed by atoms with van der Waals surface area (Å²) in [6.07, 6.45) is 1.51. The van der Waals surface area contributed by atoms with Crippen molar-refractivity contribution in [2.45, 2.75) is 6.54 Å². The molecule has 0 atom stereocenters. The first-order valence-corrected chi connectivity index (χ1v) is 7.40. The fourth-order valence-corrected chi connectivity index (χ4v) is 2.44. The lowest BCUT2D eigenvalue weighted by Crippen LogP contribution is -2.31. The highest BCUT2D eigenvalue weighted by Crippen LogP contribution is 2.13. The summed E-state index contributed by atoms with van der Waals surface area (Å²) < 4.78 is 1.43. The van der Waals surface area contributed by atoms with Crippen molar-refractivity contribution in [2.75, 3.05) is 5.32 Å². The Bertz CT molecular complexity index is 932. The Hall–Kier alpha value is -2.79. The van der Waals surface area contributed by atoms with E-state index < -0.39 is 11.2 Å². The van der Waals surface area contributed by atoms with Gasteiger partial charge in [0.05, 0.1) is 6.54 Å². The van der Waals surface area contributed by atoms with Crippen LogP contribution in [0.5, 0.6) is 0 Å². The highest BCUT2D eigenvalue weighted by molar-refractivity contribution is 6.30. The average molecular weight is 328 g/mol. The van der Waals surface area contributed by atoms with E-state index in [4.69, 9.17) is 11.6 Å². The molecule has 0 radical (unpaired) electrons. The van der Waals surface area contributed by atoms with Crippen molar-refractivity contribution in [3.8, 4) is 0 Å². The predicted molar refractivity (Wildman–Crippen MR) is 91.6 cm³/mol. The SMILES string of the molecule is O=c1[nH]c(=O)n(Cc2cccc(Cl)c2)cc1Nc1ccccc1. The molecule has 3 aromatic rings. The van der Waals surface area contributed by atoms with E-state index in [0.717, 1.165) is 11.3 Å². The maximum atomic E-state index is 12.0. The smallest absolute Gasteiger partial charge is 0.328 e. The zero-order valence-corrected chi connectivity index (χ0v) is 12.9. The van der Waals surface area contributed by atoms with E-state index in [1.54, 1.807) is 12.1 Å². The number of benzene rings is 2. The Labute approximate surface area is 137 Å². The van der Waals surface area contributed by atoms with Crippen molar-refractivity contribution >= 4 is 23.0 Å². The van der Waals surface area contributed by atoms with Gasteiger partial charge in [0.15, 0.2) is 0 Å². The van der Waals surface area contributed by atoms with Gasteiger partial charge in [0.2, 0.25) is 0 Å². The lowest BCUT2D eigenvalue weighted by atomic mass is 10.2. The molecule has 1 heterocycles.